The highest BCUT2D eigenvalue weighted by Gasteiger charge is 2.35. The quantitative estimate of drug-likeness (QED) is 0.0598. The zero-order valence-corrected chi connectivity index (χ0v) is 40.8. The summed E-state index contributed by atoms with van der Waals surface area (Å²) in [6, 6.07) is -2.02. The molecule has 376 valence electrons. The van der Waals surface area contributed by atoms with Gasteiger partial charge in [0.2, 0.25) is 29.7 Å². The van der Waals surface area contributed by atoms with Gasteiger partial charge in [0, 0.05) is 65.3 Å². The van der Waals surface area contributed by atoms with E-state index in [4.69, 9.17) is 47.1 Å². The summed E-state index contributed by atoms with van der Waals surface area (Å²) in [4.78, 5) is 62.2. The minimum Gasteiger partial charge on any atom is -0.481 e. The Labute approximate surface area is 400 Å². The van der Waals surface area contributed by atoms with E-state index in [0.717, 1.165) is 19.3 Å². The summed E-state index contributed by atoms with van der Waals surface area (Å²) in [6.07, 6.45) is 10.9. The Kier molecular flexibility index (Phi) is 21.1. The summed E-state index contributed by atoms with van der Waals surface area (Å²) in [5.74, 6) is 2.92. The van der Waals surface area contributed by atoms with Crippen LogP contribution in [-0.4, -0.2) is 176 Å². The summed E-state index contributed by atoms with van der Waals surface area (Å²) in [5, 5.41) is 30.1. The molecule has 3 aromatic rings. The summed E-state index contributed by atoms with van der Waals surface area (Å²) < 4.78 is 19.6. The molecule has 2 aliphatic rings. The fraction of sp³-hybridized carbons (Fsp3) is 0.733. The van der Waals surface area contributed by atoms with Crippen LogP contribution in [0.25, 0.3) is 0 Å². The zero-order valence-electron chi connectivity index (χ0n) is 40.8. The molecule has 3 unspecified atom stereocenters. The topological polar surface area (TPSA) is 276 Å². The molecule has 0 aromatic carbocycles. The first-order valence-corrected chi connectivity index (χ1v) is 24.0. The van der Waals surface area contributed by atoms with Crippen LogP contribution >= 0.6 is 0 Å². The zero-order chi connectivity index (χ0) is 49.2. The summed E-state index contributed by atoms with van der Waals surface area (Å²) in [6.45, 7) is 18.4. The van der Waals surface area contributed by atoms with Gasteiger partial charge in [-0.25, -0.2) is 9.36 Å². The van der Waals surface area contributed by atoms with E-state index in [0.29, 0.717) is 127 Å². The van der Waals surface area contributed by atoms with Crippen LogP contribution in [0.3, 0.4) is 0 Å². The van der Waals surface area contributed by atoms with Gasteiger partial charge in [-0.15, -0.1) is 16.6 Å². The molecule has 6 N–H and O–H groups in total. The van der Waals surface area contributed by atoms with Crippen molar-refractivity contribution in [3.63, 3.8) is 0 Å². The van der Waals surface area contributed by atoms with Crippen LogP contribution < -0.4 is 26.6 Å². The first kappa shape index (κ1) is 53.4. The third-order valence-corrected chi connectivity index (χ3v) is 12.5. The molecule has 0 spiro atoms. The standard InChI is InChI=1S/C45H74N16O7/c1-8-22-66-24-26-68-27-25-67-23-13-48-43-49-44(58-18-14-56(15-19-58)41(64)37(11-12-38(62)63)60-30-36(53-54-60)39(47)32(6)9-2)51-45(50-43)59-20-16-57(17-21-59)42(65)40(33(7)10-3)61-29-35(52-55-61)34(46)28-31(4)5/h1,29-34,37,39-40H,9-28,46-47H2,2-7H3,(H,62,63)(H,48,49,50,51)/t32-,33+,34?,37+,39?,40?/m1/s1. The molecule has 23 nitrogen and oxygen atoms in total. The number of ether oxygens (including phenoxy) is 3. The molecule has 5 rings (SSSR count). The minimum absolute atomic E-state index is 0.00617. The first-order chi connectivity index (χ1) is 32.7. The van der Waals surface area contributed by atoms with Crippen molar-refractivity contribution in [2.24, 2.45) is 29.2 Å². The maximum Gasteiger partial charge on any atom is 0.303 e. The molecular formula is C45H74N16O7. The number of nitrogens with one attached hydrogen (secondary N) is 1. The Bertz CT molecular complexity index is 2060. The number of aromatic nitrogens is 9. The molecule has 23 heteroatoms. The second-order valence-corrected chi connectivity index (χ2v) is 18.0. The fourth-order valence-corrected chi connectivity index (χ4v) is 8.01. The molecular weight excluding hydrogens is 877 g/mol. The van der Waals surface area contributed by atoms with Crippen LogP contribution in [0.1, 0.15) is 109 Å². The van der Waals surface area contributed by atoms with Gasteiger partial charge in [0.1, 0.15) is 18.7 Å². The number of terminal acetylenes is 1. The number of piperazine rings is 2. The number of hydrogen-bond acceptors (Lipinski definition) is 18. The second-order valence-electron chi connectivity index (χ2n) is 18.0. The minimum atomic E-state index is -1.01. The molecule has 2 saturated heterocycles. The van der Waals surface area contributed by atoms with E-state index in [1.165, 1.54) is 4.68 Å². The van der Waals surface area contributed by atoms with Gasteiger partial charge in [0.05, 0.1) is 68.9 Å². The monoisotopic (exact) mass is 951 g/mol. The molecule has 6 atom stereocenters. The van der Waals surface area contributed by atoms with Crippen LogP contribution in [0.5, 0.6) is 0 Å². The Hall–Kier alpha value is -5.54. The van der Waals surface area contributed by atoms with E-state index in [-0.39, 0.29) is 55.2 Å². The maximum atomic E-state index is 14.3. The van der Waals surface area contributed by atoms with Crippen molar-refractivity contribution in [2.45, 2.75) is 97.8 Å². The van der Waals surface area contributed by atoms with Crippen LogP contribution in [0.2, 0.25) is 0 Å². The van der Waals surface area contributed by atoms with Crippen LogP contribution in [0.15, 0.2) is 12.4 Å². The number of rotatable bonds is 28. The van der Waals surface area contributed by atoms with Crippen molar-refractivity contribution in [1.29, 1.82) is 0 Å². The molecule has 3 aromatic heterocycles. The van der Waals surface area contributed by atoms with E-state index < -0.39 is 18.1 Å². The highest BCUT2D eigenvalue weighted by molar-refractivity contribution is 5.82. The van der Waals surface area contributed by atoms with Gasteiger partial charge < -0.3 is 55.7 Å². The number of nitrogens with two attached hydrogens (primary N) is 2. The average Bonchev–Trinajstić information content (AvgIpc) is 4.04. The lowest BCUT2D eigenvalue weighted by Gasteiger charge is -2.38. The van der Waals surface area contributed by atoms with Crippen molar-refractivity contribution in [2.75, 3.05) is 114 Å². The molecule has 0 saturated carbocycles. The molecule has 2 fully saturated rings. The highest BCUT2D eigenvalue weighted by atomic mass is 16.5. The number of carboxylic acid groups (broad SMARTS) is 1. The van der Waals surface area contributed by atoms with E-state index in [1.54, 1.807) is 15.8 Å². The number of anilines is 3. The summed E-state index contributed by atoms with van der Waals surface area (Å²) >= 11 is 0. The number of nitrogens with zero attached hydrogens (tertiary/aromatic N) is 13. The predicted molar refractivity (Wildman–Crippen MR) is 254 cm³/mol. The van der Waals surface area contributed by atoms with Crippen molar-refractivity contribution < 1.29 is 33.7 Å². The van der Waals surface area contributed by atoms with Gasteiger partial charge in [-0.3, -0.25) is 14.4 Å². The Morgan fingerprint density at radius 1 is 0.750 bits per heavy atom. The highest BCUT2D eigenvalue weighted by Crippen LogP contribution is 2.28. The van der Waals surface area contributed by atoms with Gasteiger partial charge in [-0.2, -0.15) is 15.0 Å². The van der Waals surface area contributed by atoms with Crippen molar-refractivity contribution in [1.82, 2.24) is 54.7 Å². The van der Waals surface area contributed by atoms with Crippen LogP contribution in [0.4, 0.5) is 17.8 Å². The van der Waals surface area contributed by atoms with Crippen molar-refractivity contribution in [3.05, 3.63) is 23.8 Å². The molecule has 2 amide bonds. The van der Waals surface area contributed by atoms with Crippen molar-refractivity contribution in [3.8, 4) is 12.3 Å². The van der Waals surface area contributed by atoms with Crippen LogP contribution in [0, 0.1) is 30.1 Å². The predicted octanol–water partition coefficient (Wildman–Crippen LogP) is 1.93. The average molecular weight is 951 g/mol. The van der Waals surface area contributed by atoms with Gasteiger partial charge in [-0.05, 0) is 30.6 Å². The van der Waals surface area contributed by atoms with Gasteiger partial charge in [0.25, 0.3) is 0 Å². The van der Waals surface area contributed by atoms with E-state index in [1.807, 2.05) is 34.7 Å². The third-order valence-electron chi connectivity index (χ3n) is 12.5. The Balaban J connectivity index is 1.27. The number of carboxylic acids is 1. The number of aliphatic carboxylic acids is 1. The molecule has 2 aliphatic heterocycles. The number of hydrogen-bond donors (Lipinski definition) is 4. The fourth-order valence-electron chi connectivity index (χ4n) is 8.01. The second kappa shape index (κ2) is 26.9. The number of carbonyl (C=O) groups excluding carboxylic acids is 2. The molecule has 0 aliphatic carbocycles. The molecule has 68 heavy (non-hydrogen) atoms. The summed E-state index contributed by atoms with van der Waals surface area (Å²) in [5.41, 5.74) is 14.1. The lowest BCUT2D eigenvalue weighted by Crippen LogP contribution is -2.52. The Morgan fingerprint density at radius 3 is 1.87 bits per heavy atom. The normalized spacial score (nSPS) is 17.1. The third kappa shape index (κ3) is 15.2. The van der Waals surface area contributed by atoms with Gasteiger partial charge >= 0.3 is 5.97 Å². The maximum absolute atomic E-state index is 14.3. The van der Waals surface area contributed by atoms with Crippen molar-refractivity contribution >= 4 is 35.6 Å². The van der Waals surface area contributed by atoms with Gasteiger partial charge in [-0.1, -0.05) is 70.7 Å². The molecule has 0 radical (unpaired) electrons. The summed E-state index contributed by atoms with van der Waals surface area (Å²) in [7, 11) is 0. The molecule has 0 bridgehead atoms. The molecule has 5 heterocycles. The largest absolute Gasteiger partial charge is 0.481 e. The smallest absolute Gasteiger partial charge is 0.303 e. The van der Waals surface area contributed by atoms with Gasteiger partial charge in [0.15, 0.2) is 0 Å². The lowest BCUT2D eigenvalue weighted by molar-refractivity contribution is -0.139. The first-order valence-electron chi connectivity index (χ1n) is 24.0. The van der Waals surface area contributed by atoms with Crippen LogP contribution in [-0.2, 0) is 28.6 Å². The van der Waals surface area contributed by atoms with E-state index in [9.17, 15) is 19.5 Å². The van der Waals surface area contributed by atoms with E-state index in [2.05, 4.69) is 59.6 Å². The Morgan fingerprint density at radius 2 is 1.29 bits per heavy atom. The number of carbonyl (C=O) groups is 3. The lowest BCUT2D eigenvalue weighted by atomic mass is 9.97. The number of amides is 2. The SMILES string of the molecule is C#CCOCCOCCOCCNc1nc(N2CCN(C(=O)C([C@@H](C)CC)n3cc(C(N)CC(C)C)nn3)CC2)nc(N2CCN(C(=O)[C@H](CCC(=O)O)n3cc(C(N)[C@H](C)CC)nn3)CC2)n1. The van der Waals surface area contributed by atoms with E-state index >= 15 is 0 Å².